The van der Waals surface area contributed by atoms with Crippen molar-refractivity contribution in [2.75, 3.05) is 0 Å². The minimum Gasteiger partial charge on any atom is -0.478 e. The van der Waals surface area contributed by atoms with Crippen LogP contribution in [0.3, 0.4) is 0 Å². The number of hydrogen-bond donors (Lipinski definition) is 2. The highest BCUT2D eigenvalue weighted by molar-refractivity contribution is 6.11. The first-order valence-corrected chi connectivity index (χ1v) is 11.3. The lowest BCUT2D eigenvalue weighted by atomic mass is 9.89. The van der Waals surface area contributed by atoms with E-state index in [0.29, 0.717) is 17.2 Å². The highest BCUT2D eigenvalue weighted by Crippen LogP contribution is 2.33. The summed E-state index contributed by atoms with van der Waals surface area (Å²) in [4.78, 5) is 23.9. The molecule has 168 valence electrons. The van der Waals surface area contributed by atoms with Gasteiger partial charge >= 0.3 is 11.9 Å². The second-order valence-electron chi connectivity index (χ2n) is 8.82. The van der Waals surface area contributed by atoms with Gasteiger partial charge in [-0.2, -0.15) is 0 Å². The van der Waals surface area contributed by atoms with Gasteiger partial charge in [-0.25, -0.2) is 9.59 Å². The van der Waals surface area contributed by atoms with Crippen LogP contribution in [0.4, 0.5) is 0 Å². The molecule has 0 aromatic heterocycles. The maximum absolute atomic E-state index is 12.0. The fourth-order valence-electron chi connectivity index (χ4n) is 5.07. The molecular weight excluding hydrogens is 436 g/mol. The molecule has 0 amide bonds. The van der Waals surface area contributed by atoms with Crippen molar-refractivity contribution < 1.29 is 19.8 Å². The average Bonchev–Trinajstić information content (AvgIpc) is 2.86. The Morgan fingerprint density at radius 1 is 0.486 bits per heavy atom. The van der Waals surface area contributed by atoms with Gasteiger partial charge < -0.3 is 10.2 Å². The minimum absolute atomic E-state index is 0.270. The smallest absolute Gasteiger partial charge is 0.336 e. The van der Waals surface area contributed by atoms with Crippen molar-refractivity contribution in [1.29, 1.82) is 0 Å². The van der Waals surface area contributed by atoms with Crippen LogP contribution in [0, 0.1) is 0 Å². The predicted octanol–water partition coefficient (Wildman–Crippen LogP) is 7.29. The topological polar surface area (TPSA) is 74.6 Å². The van der Waals surface area contributed by atoms with E-state index in [1.54, 1.807) is 12.1 Å². The van der Waals surface area contributed by atoms with Gasteiger partial charge in [0.15, 0.2) is 0 Å². The predicted molar refractivity (Wildman–Crippen MR) is 140 cm³/mol. The van der Waals surface area contributed by atoms with E-state index >= 15 is 0 Å². The molecule has 0 heterocycles. The van der Waals surface area contributed by atoms with Gasteiger partial charge in [-0.1, -0.05) is 60.7 Å². The molecule has 0 bridgehead atoms. The van der Waals surface area contributed by atoms with Crippen molar-refractivity contribution in [2.24, 2.45) is 0 Å². The van der Waals surface area contributed by atoms with Gasteiger partial charge in [0.1, 0.15) is 0 Å². The summed E-state index contributed by atoms with van der Waals surface area (Å²) < 4.78 is 0. The molecule has 2 N–H and O–H groups in total. The van der Waals surface area contributed by atoms with Crippen LogP contribution in [0.2, 0.25) is 0 Å². The summed E-state index contributed by atoms with van der Waals surface area (Å²) in [5, 5.41) is 26.8. The first kappa shape index (κ1) is 20.9. The molecule has 0 saturated carbocycles. The van der Waals surface area contributed by atoms with Crippen LogP contribution >= 0.6 is 0 Å². The van der Waals surface area contributed by atoms with Crippen molar-refractivity contribution in [3.63, 3.8) is 0 Å². The van der Waals surface area contributed by atoms with Gasteiger partial charge in [0.2, 0.25) is 0 Å². The minimum atomic E-state index is -0.959. The van der Waals surface area contributed by atoms with Crippen molar-refractivity contribution in [3.8, 4) is 0 Å². The third-order valence-electron chi connectivity index (χ3n) is 6.79. The molecule has 0 fully saturated rings. The third kappa shape index (κ3) is 3.47. The van der Waals surface area contributed by atoms with E-state index in [1.807, 2.05) is 72.8 Å². The van der Waals surface area contributed by atoms with Crippen LogP contribution in [-0.4, -0.2) is 22.2 Å². The third-order valence-corrected chi connectivity index (χ3v) is 6.79. The zero-order chi connectivity index (χ0) is 24.1. The van der Waals surface area contributed by atoms with Gasteiger partial charge in [0.25, 0.3) is 0 Å². The lowest BCUT2D eigenvalue weighted by Crippen LogP contribution is -2.02. The van der Waals surface area contributed by atoms with Crippen LogP contribution in [0.1, 0.15) is 31.8 Å². The van der Waals surface area contributed by atoms with Crippen LogP contribution in [0.5, 0.6) is 0 Å². The standard InChI is InChI=1S/C31H20O4/c32-30(33)24-11-9-22(26-14-18-5-1-3-7-20(18)16-28(24)26)13-23-10-12-25(31(34)35)29-17-21-8-4-2-6-19(21)15-27(23)29/h1-12,14-17H,13H2,(H,32,33)(H,34,35). The van der Waals surface area contributed by atoms with Crippen molar-refractivity contribution in [1.82, 2.24) is 0 Å². The maximum Gasteiger partial charge on any atom is 0.336 e. The molecule has 0 unspecified atom stereocenters. The molecule has 0 atom stereocenters. The summed E-state index contributed by atoms with van der Waals surface area (Å²) in [5.41, 5.74) is 2.53. The van der Waals surface area contributed by atoms with Crippen LogP contribution < -0.4 is 0 Å². The summed E-state index contributed by atoms with van der Waals surface area (Å²) in [6, 6.07) is 30.9. The number of aromatic carboxylic acids is 2. The molecule has 0 saturated heterocycles. The van der Waals surface area contributed by atoms with Gasteiger partial charge in [0, 0.05) is 0 Å². The van der Waals surface area contributed by atoms with Crippen molar-refractivity contribution in [3.05, 3.63) is 119 Å². The highest BCUT2D eigenvalue weighted by Gasteiger charge is 2.16. The zero-order valence-corrected chi connectivity index (χ0v) is 18.7. The van der Waals surface area contributed by atoms with E-state index in [1.165, 1.54) is 0 Å². The monoisotopic (exact) mass is 456 g/mol. The van der Waals surface area contributed by atoms with Gasteiger partial charge in [-0.05, 0) is 97.0 Å². The molecule has 35 heavy (non-hydrogen) atoms. The summed E-state index contributed by atoms with van der Waals surface area (Å²) in [6.07, 6.45) is 0.545. The van der Waals surface area contributed by atoms with Crippen molar-refractivity contribution in [2.45, 2.75) is 6.42 Å². The molecule has 0 aliphatic carbocycles. The van der Waals surface area contributed by atoms with E-state index in [0.717, 1.165) is 43.4 Å². The van der Waals surface area contributed by atoms with E-state index in [-0.39, 0.29) is 11.1 Å². The summed E-state index contributed by atoms with van der Waals surface area (Å²) >= 11 is 0. The van der Waals surface area contributed by atoms with E-state index < -0.39 is 11.9 Å². The molecule has 0 spiro atoms. The lowest BCUT2D eigenvalue weighted by molar-refractivity contribution is 0.0688. The molecular formula is C31H20O4. The number of carboxylic acids is 2. The van der Waals surface area contributed by atoms with Gasteiger partial charge in [-0.15, -0.1) is 0 Å². The summed E-state index contributed by atoms with van der Waals surface area (Å²) in [6.45, 7) is 0. The Kier molecular flexibility index (Phi) is 4.75. The number of benzene rings is 6. The largest absolute Gasteiger partial charge is 0.478 e. The van der Waals surface area contributed by atoms with Gasteiger partial charge in [-0.3, -0.25) is 0 Å². The molecule has 0 aliphatic heterocycles. The SMILES string of the molecule is O=C(O)c1ccc(Cc2ccc(C(=O)O)c3cc4ccccc4cc23)c2cc3ccccc3cc12. The fraction of sp³-hybridized carbons (Fsp3) is 0.0323. The quantitative estimate of drug-likeness (QED) is 0.273. The Hall–Kier alpha value is -4.70. The number of fused-ring (bicyclic) bond motifs is 4. The molecule has 0 aliphatic rings. The Balaban J connectivity index is 1.61. The van der Waals surface area contributed by atoms with Crippen LogP contribution in [0.25, 0.3) is 43.1 Å². The second kappa shape index (κ2) is 7.96. The number of hydrogen-bond acceptors (Lipinski definition) is 2. The normalized spacial score (nSPS) is 11.4. The van der Waals surface area contributed by atoms with E-state index in [2.05, 4.69) is 12.1 Å². The van der Waals surface area contributed by atoms with E-state index in [9.17, 15) is 19.8 Å². The van der Waals surface area contributed by atoms with Crippen LogP contribution in [0.15, 0.2) is 97.1 Å². The Bertz CT molecular complexity index is 1700. The Morgan fingerprint density at radius 2 is 0.829 bits per heavy atom. The highest BCUT2D eigenvalue weighted by atomic mass is 16.4. The van der Waals surface area contributed by atoms with E-state index in [4.69, 9.17) is 0 Å². The maximum atomic E-state index is 12.0. The summed E-state index contributed by atoms with van der Waals surface area (Å²) in [7, 11) is 0. The van der Waals surface area contributed by atoms with Gasteiger partial charge in [0.05, 0.1) is 11.1 Å². The number of carbonyl (C=O) groups is 2. The molecule has 6 aromatic carbocycles. The fourth-order valence-corrected chi connectivity index (χ4v) is 5.07. The molecule has 6 rings (SSSR count). The first-order chi connectivity index (χ1) is 17.0. The average molecular weight is 456 g/mol. The number of rotatable bonds is 4. The Labute approximate surface area is 200 Å². The molecule has 4 nitrogen and oxygen atoms in total. The summed E-state index contributed by atoms with van der Waals surface area (Å²) in [5.74, 6) is -1.92. The molecule has 6 aromatic rings. The lowest BCUT2D eigenvalue weighted by Gasteiger charge is -2.14. The first-order valence-electron chi connectivity index (χ1n) is 11.3. The van der Waals surface area contributed by atoms with Crippen LogP contribution in [-0.2, 0) is 6.42 Å². The zero-order valence-electron chi connectivity index (χ0n) is 18.7. The molecule has 4 heteroatoms. The molecule has 0 radical (unpaired) electrons. The van der Waals surface area contributed by atoms with Crippen molar-refractivity contribution >= 4 is 55.0 Å². The number of carboxylic acid groups (broad SMARTS) is 2. The second-order valence-corrected chi connectivity index (χ2v) is 8.82. The Morgan fingerprint density at radius 3 is 1.17 bits per heavy atom.